The van der Waals surface area contributed by atoms with Gasteiger partial charge in [0.25, 0.3) is 0 Å². The Bertz CT molecular complexity index is 1240. The Morgan fingerprint density at radius 2 is 2.00 bits per heavy atom. The normalized spacial score (nSPS) is 19.9. The number of nitrogens with one attached hydrogen (secondary N) is 1. The van der Waals surface area contributed by atoms with E-state index in [0.29, 0.717) is 43.0 Å². The average Bonchev–Trinajstić information content (AvgIpc) is 3.30. The minimum Gasteiger partial charge on any atom is -0.465 e. The number of hydrogen-bond acceptors (Lipinski definition) is 4. The van der Waals surface area contributed by atoms with E-state index in [9.17, 15) is 19.1 Å². The van der Waals surface area contributed by atoms with Gasteiger partial charge in [-0.15, -0.1) is 0 Å². The number of anilines is 1. The number of hydrogen-bond donors (Lipinski definition) is 2. The molecule has 5 rings (SSSR count). The first-order chi connectivity index (χ1) is 16.4. The molecule has 0 spiro atoms. The fourth-order valence-corrected chi connectivity index (χ4v) is 4.73. The summed E-state index contributed by atoms with van der Waals surface area (Å²) in [6, 6.07) is 9.19. The summed E-state index contributed by atoms with van der Waals surface area (Å²) in [4.78, 5) is 25.2. The van der Waals surface area contributed by atoms with Crippen molar-refractivity contribution in [3.63, 3.8) is 0 Å². The van der Waals surface area contributed by atoms with Crippen LogP contribution in [0.5, 0.6) is 11.5 Å². The summed E-state index contributed by atoms with van der Waals surface area (Å²) in [7, 11) is 0. The minimum absolute atomic E-state index is 0.00490. The van der Waals surface area contributed by atoms with Gasteiger partial charge in [0.05, 0.1) is 17.9 Å². The lowest BCUT2D eigenvalue weighted by molar-refractivity contribution is -0.123. The van der Waals surface area contributed by atoms with Gasteiger partial charge in [-0.1, -0.05) is 0 Å². The molecule has 2 amide bonds. The second-order valence-corrected chi connectivity index (χ2v) is 8.74. The Hall–Kier alpha value is -3.88. The fourth-order valence-electron chi connectivity index (χ4n) is 4.73. The van der Waals surface area contributed by atoms with Gasteiger partial charge in [0.1, 0.15) is 17.3 Å². The Balaban J connectivity index is 1.59. The van der Waals surface area contributed by atoms with E-state index in [2.05, 4.69) is 10.4 Å². The highest BCUT2D eigenvalue weighted by atomic mass is 19.1. The third-order valence-electron chi connectivity index (χ3n) is 6.50. The Morgan fingerprint density at radius 3 is 2.74 bits per heavy atom. The number of carbonyl (C=O) groups excluding carboxylic acids is 1. The van der Waals surface area contributed by atoms with Crippen LogP contribution in [0.3, 0.4) is 0 Å². The van der Waals surface area contributed by atoms with E-state index in [-0.39, 0.29) is 23.8 Å². The van der Waals surface area contributed by atoms with Gasteiger partial charge in [0.2, 0.25) is 5.91 Å². The van der Waals surface area contributed by atoms with Crippen LogP contribution in [0, 0.1) is 5.82 Å². The molecule has 0 bridgehead atoms. The lowest BCUT2D eigenvalue weighted by Gasteiger charge is -2.34. The summed E-state index contributed by atoms with van der Waals surface area (Å²) >= 11 is 0. The standard InChI is InChI=1S/C25H25FN4O4/c1-15-2-7-21-22(30(15)25(32)33)9-8-20(24(21)34-19-5-3-17(26)4-6-19)16-13-28-29(14-16)18-10-11-27-23(31)12-18/h3-6,8-9,13-15,18H,2,7,10-12H2,1H3,(H,27,31)(H,32,33)/t15-,18?/m0/s1. The van der Waals surface area contributed by atoms with Crippen LogP contribution >= 0.6 is 0 Å². The third kappa shape index (κ3) is 4.09. The summed E-state index contributed by atoms with van der Waals surface area (Å²) in [5.74, 6) is 0.618. The van der Waals surface area contributed by atoms with E-state index in [4.69, 9.17) is 4.74 Å². The monoisotopic (exact) mass is 464 g/mol. The zero-order valence-electron chi connectivity index (χ0n) is 18.7. The van der Waals surface area contributed by atoms with Crippen molar-refractivity contribution in [2.75, 3.05) is 11.4 Å². The maximum absolute atomic E-state index is 13.5. The van der Waals surface area contributed by atoms with Crippen LogP contribution in [0.15, 0.2) is 48.8 Å². The third-order valence-corrected chi connectivity index (χ3v) is 6.50. The van der Waals surface area contributed by atoms with E-state index in [1.165, 1.54) is 17.0 Å². The first-order valence-electron chi connectivity index (χ1n) is 11.3. The topological polar surface area (TPSA) is 96.7 Å². The summed E-state index contributed by atoms with van der Waals surface area (Å²) in [5, 5.41) is 17.2. The van der Waals surface area contributed by atoms with Gasteiger partial charge in [0, 0.05) is 41.9 Å². The number of carbonyl (C=O) groups is 2. The lowest BCUT2D eigenvalue weighted by atomic mass is 9.92. The zero-order chi connectivity index (χ0) is 23.8. The largest absolute Gasteiger partial charge is 0.465 e. The number of nitrogens with zero attached hydrogens (tertiary/aromatic N) is 3. The summed E-state index contributed by atoms with van der Waals surface area (Å²) in [6.07, 6.45) is 5.06. The molecular formula is C25H25FN4O4. The number of carboxylic acid groups (broad SMARTS) is 1. The molecule has 1 fully saturated rings. The van der Waals surface area contributed by atoms with Crippen molar-refractivity contribution in [3.05, 3.63) is 60.2 Å². The van der Waals surface area contributed by atoms with Crippen molar-refractivity contribution >= 4 is 17.7 Å². The molecule has 1 unspecified atom stereocenters. The molecule has 1 aromatic heterocycles. The lowest BCUT2D eigenvalue weighted by Crippen LogP contribution is -2.41. The Morgan fingerprint density at radius 1 is 1.21 bits per heavy atom. The average molecular weight is 464 g/mol. The van der Waals surface area contributed by atoms with E-state index >= 15 is 0 Å². The van der Waals surface area contributed by atoms with Gasteiger partial charge >= 0.3 is 6.09 Å². The number of fused-ring (bicyclic) bond motifs is 1. The van der Waals surface area contributed by atoms with Crippen LogP contribution in [0.1, 0.15) is 37.8 Å². The molecule has 34 heavy (non-hydrogen) atoms. The smallest absolute Gasteiger partial charge is 0.412 e. The maximum Gasteiger partial charge on any atom is 0.412 e. The predicted octanol–water partition coefficient (Wildman–Crippen LogP) is 4.75. The van der Waals surface area contributed by atoms with E-state index in [1.807, 2.05) is 19.2 Å². The van der Waals surface area contributed by atoms with Crippen molar-refractivity contribution < 1.29 is 23.8 Å². The number of aromatic nitrogens is 2. The van der Waals surface area contributed by atoms with Gasteiger partial charge in [-0.3, -0.25) is 14.4 Å². The van der Waals surface area contributed by atoms with Crippen LogP contribution in [0.2, 0.25) is 0 Å². The Kier molecular flexibility index (Phi) is 5.69. The van der Waals surface area contributed by atoms with Gasteiger partial charge in [-0.05, 0) is 62.6 Å². The number of benzene rings is 2. The summed E-state index contributed by atoms with van der Waals surface area (Å²) in [6.45, 7) is 2.50. The van der Waals surface area contributed by atoms with Gasteiger partial charge in [-0.25, -0.2) is 9.18 Å². The maximum atomic E-state index is 13.5. The number of rotatable bonds is 4. The van der Waals surface area contributed by atoms with Crippen molar-refractivity contribution in [1.29, 1.82) is 0 Å². The molecule has 2 atom stereocenters. The Labute approximate surface area is 195 Å². The van der Waals surface area contributed by atoms with Gasteiger partial charge in [-0.2, -0.15) is 5.10 Å². The molecule has 2 N–H and O–H groups in total. The van der Waals surface area contributed by atoms with Crippen molar-refractivity contribution in [2.45, 2.75) is 44.7 Å². The second-order valence-electron chi connectivity index (χ2n) is 8.74. The molecule has 2 aliphatic heterocycles. The molecular weight excluding hydrogens is 439 g/mol. The van der Waals surface area contributed by atoms with Crippen LogP contribution in [-0.4, -0.2) is 39.5 Å². The van der Waals surface area contributed by atoms with Crippen LogP contribution in [0.4, 0.5) is 14.9 Å². The highest BCUT2D eigenvalue weighted by molar-refractivity contribution is 5.91. The SMILES string of the molecule is C[C@H]1CCc2c(ccc(-c3cnn(C4CCNC(=O)C4)c3)c2Oc2ccc(F)cc2)N1C(=O)O. The van der Waals surface area contributed by atoms with Crippen molar-refractivity contribution in [3.8, 4) is 22.6 Å². The molecule has 3 aromatic rings. The highest BCUT2D eigenvalue weighted by Crippen LogP contribution is 2.44. The molecule has 1 saturated heterocycles. The van der Waals surface area contributed by atoms with Gasteiger partial charge < -0.3 is 15.2 Å². The molecule has 176 valence electrons. The number of amides is 2. The molecule has 2 aliphatic rings. The molecule has 0 saturated carbocycles. The van der Waals surface area contributed by atoms with Gasteiger partial charge in [0.15, 0.2) is 0 Å². The first-order valence-corrected chi connectivity index (χ1v) is 11.3. The molecule has 2 aromatic carbocycles. The molecule has 9 heteroatoms. The molecule has 0 aliphatic carbocycles. The minimum atomic E-state index is -1.02. The quantitative estimate of drug-likeness (QED) is 0.581. The predicted molar refractivity (Wildman–Crippen MR) is 124 cm³/mol. The summed E-state index contributed by atoms with van der Waals surface area (Å²) < 4.78 is 21.5. The second kappa shape index (κ2) is 8.81. The zero-order valence-corrected chi connectivity index (χ0v) is 18.7. The number of piperidine rings is 1. The molecule has 3 heterocycles. The van der Waals surface area contributed by atoms with Crippen LogP contribution in [0.25, 0.3) is 11.1 Å². The van der Waals surface area contributed by atoms with Crippen LogP contribution in [-0.2, 0) is 11.2 Å². The highest BCUT2D eigenvalue weighted by Gasteiger charge is 2.32. The number of halogens is 1. The van der Waals surface area contributed by atoms with Crippen LogP contribution < -0.4 is 15.0 Å². The number of ether oxygens (including phenoxy) is 1. The molecule has 8 nitrogen and oxygen atoms in total. The van der Waals surface area contributed by atoms with E-state index < -0.39 is 6.09 Å². The van der Waals surface area contributed by atoms with E-state index in [1.54, 1.807) is 29.1 Å². The summed E-state index contributed by atoms with van der Waals surface area (Å²) in [5.41, 5.74) is 2.93. The first kappa shape index (κ1) is 21.9. The van der Waals surface area contributed by atoms with Crippen molar-refractivity contribution in [1.82, 2.24) is 15.1 Å². The fraction of sp³-hybridized carbons (Fsp3) is 0.320. The van der Waals surface area contributed by atoms with E-state index in [0.717, 1.165) is 23.1 Å². The van der Waals surface area contributed by atoms with Crippen molar-refractivity contribution in [2.24, 2.45) is 0 Å². The molecule has 0 radical (unpaired) electrons.